The molecule has 2 bridgehead atoms. The molecule has 8 rings (SSSR count). The number of carbonyl (C=O) groups is 3. The molecule has 44 heavy (non-hydrogen) atoms. The molecule has 3 amide bonds. The molecular weight excluding hydrogens is 603 g/mol. The van der Waals surface area contributed by atoms with Crippen LogP contribution in [0.25, 0.3) is 0 Å². The number of fused-ring (bicyclic) bond motifs is 9. The summed E-state index contributed by atoms with van der Waals surface area (Å²) in [6.45, 7) is 2.02. The normalized spacial score (nSPS) is 30.2. The Morgan fingerprint density at radius 1 is 1.00 bits per heavy atom. The molecule has 2 aliphatic carbocycles. The Morgan fingerprint density at radius 3 is 2.50 bits per heavy atom. The summed E-state index contributed by atoms with van der Waals surface area (Å²) in [6, 6.07) is 14.9. The third-order valence-corrected chi connectivity index (χ3v) is 12.6. The van der Waals surface area contributed by atoms with E-state index in [9.17, 15) is 19.2 Å². The van der Waals surface area contributed by atoms with Crippen LogP contribution in [0.5, 0.6) is 11.5 Å². The van der Waals surface area contributed by atoms with Crippen molar-refractivity contribution >= 4 is 46.5 Å². The minimum atomic E-state index is -0.370. The molecule has 12 heteroatoms. The molecule has 3 aliphatic heterocycles. The van der Waals surface area contributed by atoms with E-state index < -0.39 is 0 Å². The number of hydrogen-bond acceptors (Lipinski definition) is 9. The molecule has 228 valence electrons. The standard InChI is InChI=1S/C32H31N3O7S2/c1-40-21-13-16(7-8-20(21)42-15-22(36)34-9-11-41-12-10-34)23-24-18-14-19(27(24)43-29-28(23)44-32(39)33-29)26-25(18)30(37)35(31(26)38)17-5-3-2-4-6-17/h2-8,13,18-19,23-27H,9-12,14-15H2,1H3,(H,33,39)/t18-,19-,23+,24-,25+,26+,27-/m1/s1. The molecule has 0 spiro atoms. The van der Waals surface area contributed by atoms with Crippen LogP contribution >= 0.6 is 23.1 Å². The number of anilines is 1. The van der Waals surface area contributed by atoms with Gasteiger partial charge in [0.1, 0.15) is 0 Å². The summed E-state index contributed by atoms with van der Waals surface area (Å²) >= 11 is 2.88. The highest BCUT2D eigenvalue weighted by Gasteiger charge is 2.69. The number of ether oxygens (including phenoxy) is 3. The molecule has 4 fully saturated rings. The number of thioether (sulfide) groups is 1. The van der Waals surface area contributed by atoms with E-state index in [2.05, 4.69) is 4.98 Å². The number of hydrogen-bond donors (Lipinski definition) is 1. The number of aromatic nitrogens is 1. The van der Waals surface area contributed by atoms with Gasteiger partial charge in [0.15, 0.2) is 18.1 Å². The Labute approximate surface area is 261 Å². The number of amides is 3. The number of nitrogens with one attached hydrogen (secondary N) is 1. The lowest BCUT2D eigenvalue weighted by molar-refractivity contribution is -0.137. The van der Waals surface area contributed by atoms with Crippen molar-refractivity contribution in [1.82, 2.24) is 9.88 Å². The van der Waals surface area contributed by atoms with Crippen molar-refractivity contribution in [1.29, 1.82) is 0 Å². The number of imide groups is 1. The number of nitrogens with zero attached hydrogens (tertiary/aromatic N) is 2. The number of H-pyrrole nitrogens is 1. The second-order valence-corrected chi connectivity index (χ2v) is 14.2. The van der Waals surface area contributed by atoms with E-state index in [-0.39, 0.29) is 70.0 Å². The monoisotopic (exact) mass is 633 g/mol. The Bertz CT molecular complexity index is 1700. The lowest BCUT2D eigenvalue weighted by atomic mass is 9.68. The van der Waals surface area contributed by atoms with Gasteiger partial charge in [-0.2, -0.15) is 0 Å². The molecule has 4 heterocycles. The van der Waals surface area contributed by atoms with Crippen LogP contribution < -0.4 is 19.2 Å². The minimum Gasteiger partial charge on any atom is -0.493 e. The molecule has 2 aromatic carbocycles. The van der Waals surface area contributed by atoms with E-state index in [4.69, 9.17) is 14.2 Å². The van der Waals surface area contributed by atoms with Crippen molar-refractivity contribution in [2.24, 2.45) is 29.6 Å². The first-order valence-corrected chi connectivity index (χ1v) is 16.6. The number of methoxy groups -OCH3 is 1. The number of aromatic amines is 1. The van der Waals surface area contributed by atoms with Gasteiger partial charge in [-0.3, -0.25) is 24.1 Å². The van der Waals surface area contributed by atoms with Gasteiger partial charge in [-0.15, -0.1) is 11.8 Å². The summed E-state index contributed by atoms with van der Waals surface area (Å²) in [5.41, 5.74) is 1.58. The second-order valence-electron chi connectivity index (χ2n) is 12.0. The number of rotatable bonds is 6. The van der Waals surface area contributed by atoms with E-state index in [1.54, 1.807) is 23.8 Å². The largest absolute Gasteiger partial charge is 0.493 e. The van der Waals surface area contributed by atoms with Gasteiger partial charge >= 0.3 is 4.87 Å². The first-order chi connectivity index (χ1) is 21.4. The Morgan fingerprint density at radius 2 is 1.75 bits per heavy atom. The number of benzene rings is 2. The van der Waals surface area contributed by atoms with Crippen LogP contribution in [0.4, 0.5) is 5.69 Å². The fourth-order valence-corrected chi connectivity index (χ4v) is 11.2. The minimum absolute atomic E-state index is 0.0103. The molecule has 5 aliphatic rings. The third-order valence-electron chi connectivity index (χ3n) is 10.0. The lowest BCUT2D eigenvalue weighted by Crippen LogP contribution is -2.43. The zero-order valence-corrected chi connectivity index (χ0v) is 25.6. The van der Waals surface area contributed by atoms with Crippen LogP contribution in [-0.4, -0.2) is 72.9 Å². The molecule has 0 radical (unpaired) electrons. The molecule has 7 atom stereocenters. The average molecular weight is 634 g/mol. The first kappa shape index (κ1) is 27.9. The molecule has 0 unspecified atom stereocenters. The molecule has 1 N–H and O–H groups in total. The summed E-state index contributed by atoms with van der Waals surface area (Å²) in [7, 11) is 1.57. The highest BCUT2D eigenvalue weighted by molar-refractivity contribution is 8.00. The van der Waals surface area contributed by atoms with Crippen molar-refractivity contribution in [3.8, 4) is 11.5 Å². The van der Waals surface area contributed by atoms with Gasteiger partial charge in [-0.05, 0) is 54.0 Å². The molecule has 10 nitrogen and oxygen atoms in total. The van der Waals surface area contributed by atoms with E-state index >= 15 is 0 Å². The Balaban J connectivity index is 1.12. The van der Waals surface area contributed by atoms with Gasteiger partial charge in [0.25, 0.3) is 5.91 Å². The molecule has 2 saturated heterocycles. The van der Waals surface area contributed by atoms with Crippen LogP contribution in [0.2, 0.25) is 0 Å². The quantitative estimate of drug-likeness (QED) is 0.411. The van der Waals surface area contributed by atoms with Crippen LogP contribution in [0.15, 0.2) is 58.4 Å². The van der Waals surface area contributed by atoms with Crippen LogP contribution in [0.1, 0.15) is 22.8 Å². The smallest absolute Gasteiger partial charge is 0.305 e. The zero-order chi connectivity index (χ0) is 30.1. The highest BCUT2D eigenvalue weighted by Crippen LogP contribution is 2.68. The molecular formula is C32H31N3O7S2. The predicted molar refractivity (Wildman–Crippen MR) is 163 cm³/mol. The zero-order valence-electron chi connectivity index (χ0n) is 24.0. The van der Waals surface area contributed by atoms with E-state index in [0.29, 0.717) is 43.5 Å². The Kier molecular flexibility index (Phi) is 6.84. The predicted octanol–water partition coefficient (Wildman–Crippen LogP) is 3.36. The van der Waals surface area contributed by atoms with E-state index in [1.807, 2.05) is 48.5 Å². The van der Waals surface area contributed by atoms with Gasteiger partial charge in [0.2, 0.25) is 11.8 Å². The van der Waals surface area contributed by atoms with Gasteiger partial charge in [0, 0.05) is 29.1 Å². The van der Waals surface area contributed by atoms with Gasteiger partial charge in [-0.25, -0.2) is 0 Å². The highest BCUT2D eigenvalue weighted by atomic mass is 32.2. The fourth-order valence-electron chi connectivity index (χ4n) is 8.26. The molecule has 1 aromatic heterocycles. The van der Waals surface area contributed by atoms with Crippen molar-refractivity contribution in [3.05, 3.63) is 68.6 Å². The van der Waals surface area contributed by atoms with Gasteiger partial charge in [0.05, 0.1) is 42.9 Å². The SMILES string of the molecule is COc1cc([C@@H]2c3sc(=O)[nH]c3S[C@@H]3[C@@H]4C[C@@H]([C@@H]5C(=O)N(c6ccccc6)C(=O)[C@@H]45)[C@H]23)ccc1OCC(=O)N1CCOCC1. The summed E-state index contributed by atoms with van der Waals surface area (Å²) < 4.78 is 17.0. The van der Waals surface area contributed by atoms with Crippen molar-refractivity contribution in [2.75, 3.05) is 44.9 Å². The maximum absolute atomic E-state index is 13.9. The topological polar surface area (TPSA) is 118 Å². The summed E-state index contributed by atoms with van der Waals surface area (Å²) in [4.78, 5) is 60.0. The summed E-state index contributed by atoms with van der Waals surface area (Å²) in [5.74, 6) is -0.103. The van der Waals surface area contributed by atoms with Crippen LogP contribution in [0, 0.1) is 29.6 Å². The number of thiazole rings is 1. The van der Waals surface area contributed by atoms with Gasteiger partial charge in [-0.1, -0.05) is 35.6 Å². The number of carbonyl (C=O) groups excluding carboxylic acids is 3. The average Bonchev–Trinajstić information content (AvgIpc) is 3.79. The van der Waals surface area contributed by atoms with E-state index in [0.717, 1.165) is 21.9 Å². The fraction of sp³-hybridized carbons (Fsp3) is 0.438. The second kappa shape index (κ2) is 10.8. The number of morpholine rings is 1. The van der Waals surface area contributed by atoms with E-state index in [1.165, 1.54) is 16.2 Å². The summed E-state index contributed by atoms with van der Waals surface area (Å²) in [6.07, 6.45) is 0.815. The van der Waals surface area contributed by atoms with Crippen molar-refractivity contribution in [3.63, 3.8) is 0 Å². The maximum Gasteiger partial charge on any atom is 0.305 e. The van der Waals surface area contributed by atoms with Crippen molar-refractivity contribution < 1.29 is 28.6 Å². The summed E-state index contributed by atoms with van der Waals surface area (Å²) in [5, 5.41) is 0.937. The van der Waals surface area contributed by atoms with Gasteiger partial charge < -0.3 is 24.1 Å². The maximum atomic E-state index is 13.9. The van der Waals surface area contributed by atoms with Crippen LogP contribution in [-0.2, 0) is 19.1 Å². The third kappa shape index (κ3) is 4.25. The lowest BCUT2D eigenvalue weighted by Gasteiger charge is -2.43. The first-order valence-electron chi connectivity index (χ1n) is 14.9. The molecule has 3 aromatic rings. The molecule has 2 saturated carbocycles. The van der Waals surface area contributed by atoms with Crippen LogP contribution in [0.3, 0.4) is 0 Å². The Hall–Kier alpha value is -3.61. The van der Waals surface area contributed by atoms with Crippen molar-refractivity contribution in [2.45, 2.75) is 22.6 Å². The number of para-hydroxylation sites is 1.